The van der Waals surface area contributed by atoms with Gasteiger partial charge in [0, 0.05) is 0 Å². The predicted molar refractivity (Wildman–Crippen MR) is 54.5 cm³/mol. The quantitative estimate of drug-likeness (QED) is 0.704. The summed E-state index contributed by atoms with van der Waals surface area (Å²) in [5, 5.41) is -0.447. The molecular weight excluding hydrogens is 221 g/mol. The van der Waals surface area contributed by atoms with Crippen molar-refractivity contribution in [2.75, 3.05) is 0 Å². The van der Waals surface area contributed by atoms with Crippen molar-refractivity contribution >= 4 is 22.5 Å². The number of aromatic nitrogens is 1. The van der Waals surface area contributed by atoms with E-state index in [1.807, 2.05) is 0 Å². The Hall–Kier alpha value is -1.42. The normalized spacial score (nSPS) is 13.0. The molecule has 0 fully saturated rings. The first-order valence-corrected chi connectivity index (χ1v) is 4.76. The smallest absolute Gasteiger partial charge is 0.346 e. The van der Waals surface area contributed by atoms with Crippen LogP contribution in [0.4, 0.5) is 4.39 Å². The Morgan fingerprint density at radius 2 is 2.27 bits per heavy atom. The van der Waals surface area contributed by atoms with Gasteiger partial charge in [0.1, 0.15) is 16.7 Å². The summed E-state index contributed by atoms with van der Waals surface area (Å²) in [6.45, 7) is 1.60. The maximum atomic E-state index is 13.3. The molecule has 1 aromatic carbocycles. The highest BCUT2D eigenvalue weighted by Crippen LogP contribution is 2.19. The minimum atomic E-state index is -0.623. The minimum Gasteiger partial charge on any atom is -0.406 e. The number of fused-ring (bicyclic) bond motifs is 1. The van der Waals surface area contributed by atoms with E-state index >= 15 is 0 Å². The fourth-order valence-corrected chi connectivity index (χ4v) is 1.34. The Balaban J connectivity index is 2.86. The van der Waals surface area contributed by atoms with E-state index < -0.39 is 16.8 Å². The Morgan fingerprint density at radius 3 is 2.93 bits per heavy atom. The van der Waals surface area contributed by atoms with Crippen LogP contribution in [0.1, 0.15) is 18.2 Å². The molecule has 0 saturated heterocycles. The zero-order valence-electron chi connectivity index (χ0n) is 7.83. The van der Waals surface area contributed by atoms with Crippen LogP contribution in [-0.2, 0) is 0 Å². The van der Waals surface area contributed by atoms with Crippen molar-refractivity contribution in [3.05, 3.63) is 40.3 Å². The topological polar surface area (TPSA) is 43.1 Å². The number of alkyl halides is 1. The SMILES string of the molecule is CC(Cl)c1nc2c(F)cccc2c(=O)o1. The summed E-state index contributed by atoms with van der Waals surface area (Å²) >= 11 is 5.71. The monoisotopic (exact) mass is 227 g/mol. The van der Waals surface area contributed by atoms with E-state index in [1.165, 1.54) is 18.2 Å². The molecular formula is C10H7ClFNO2. The van der Waals surface area contributed by atoms with E-state index in [4.69, 9.17) is 16.0 Å². The molecule has 0 bridgehead atoms. The number of hydrogen-bond acceptors (Lipinski definition) is 3. The van der Waals surface area contributed by atoms with Gasteiger partial charge in [-0.1, -0.05) is 6.07 Å². The average Bonchev–Trinajstić information content (AvgIpc) is 2.19. The first kappa shape index (κ1) is 10.1. The molecule has 1 unspecified atom stereocenters. The standard InChI is InChI=1S/C10H7ClFNO2/c1-5(11)9-13-8-6(10(14)15-9)3-2-4-7(8)12/h2-5H,1H3. The van der Waals surface area contributed by atoms with Gasteiger partial charge in [-0.2, -0.15) is 0 Å². The first-order valence-electron chi connectivity index (χ1n) is 4.33. The summed E-state index contributed by atoms with van der Waals surface area (Å²) in [7, 11) is 0. The average molecular weight is 228 g/mol. The van der Waals surface area contributed by atoms with Crippen LogP contribution in [0.15, 0.2) is 27.4 Å². The van der Waals surface area contributed by atoms with E-state index in [9.17, 15) is 9.18 Å². The third-order valence-corrected chi connectivity index (χ3v) is 2.15. The number of halogens is 2. The fourth-order valence-electron chi connectivity index (χ4n) is 1.25. The van der Waals surface area contributed by atoms with E-state index in [-0.39, 0.29) is 16.8 Å². The Bertz CT molecular complexity index is 565. The number of nitrogens with zero attached hydrogens (tertiary/aromatic N) is 1. The largest absolute Gasteiger partial charge is 0.406 e. The van der Waals surface area contributed by atoms with E-state index in [0.717, 1.165) is 0 Å². The Labute approximate surface area is 89.5 Å². The van der Waals surface area contributed by atoms with Gasteiger partial charge < -0.3 is 4.42 Å². The van der Waals surface area contributed by atoms with Crippen LogP contribution in [-0.4, -0.2) is 4.98 Å². The van der Waals surface area contributed by atoms with Crippen LogP contribution in [0.3, 0.4) is 0 Å². The minimum absolute atomic E-state index is 0.00347. The van der Waals surface area contributed by atoms with Gasteiger partial charge in [-0.05, 0) is 19.1 Å². The molecule has 5 heteroatoms. The molecule has 2 aromatic rings. The molecule has 1 heterocycles. The van der Waals surface area contributed by atoms with Gasteiger partial charge >= 0.3 is 5.63 Å². The summed E-state index contributed by atoms with van der Waals surface area (Å²) in [5.74, 6) is -0.529. The van der Waals surface area contributed by atoms with Gasteiger partial charge in [0.2, 0.25) is 5.89 Å². The van der Waals surface area contributed by atoms with E-state index in [1.54, 1.807) is 6.92 Å². The lowest BCUT2D eigenvalue weighted by atomic mass is 10.2. The molecule has 3 nitrogen and oxygen atoms in total. The summed E-state index contributed by atoms with van der Waals surface area (Å²) in [4.78, 5) is 15.3. The fraction of sp³-hybridized carbons (Fsp3) is 0.200. The summed E-state index contributed by atoms with van der Waals surface area (Å²) in [6, 6.07) is 4.12. The summed E-state index contributed by atoms with van der Waals surface area (Å²) in [6.07, 6.45) is 0. The van der Waals surface area contributed by atoms with Crippen LogP contribution in [0, 0.1) is 5.82 Å². The van der Waals surface area contributed by atoms with Crippen molar-refractivity contribution < 1.29 is 8.81 Å². The van der Waals surface area contributed by atoms with Crippen LogP contribution >= 0.6 is 11.6 Å². The molecule has 0 radical (unpaired) electrons. The third-order valence-electron chi connectivity index (χ3n) is 1.97. The zero-order valence-corrected chi connectivity index (χ0v) is 8.58. The molecule has 78 valence electrons. The van der Waals surface area contributed by atoms with Gasteiger partial charge in [0.05, 0.1) is 5.39 Å². The summed E-state index contributed by atoms with van der Waals surface area (Å²) < 4.78 is 18.2. The lowest BCUT2D eigenvalue weighted by Crippen LogP contribution is -2.06. The van der Waals surface area contributed by atoms with Crippen molar-refractivity contribution in [3.63, 3.8) is 0 Å². The zero-order chi connectivity index (χ0) is 11.0. The molecule has 0 aliphatic heterocycles. The van der Waals surface area contributed by atoms with E-state index in [2.05, 4.69) is 4.98 Å². The second kappa shape index (κ2) is 3.62. The molecule has 2 rings (SSSR count). The van der Waals surface area contributed by atoms with E-state index in [0.29, 0.717) is 0 Å². The molecule has 0 amide bonds. The van der Waals surface area contributed by atoms with Crippen molar-refractivity contribution in [1.29, 1.82) is 0 Å². The van der Waals surface area contributed by atoms with Crippen LogP contribution in [0.25, 0.3) is 10.9 Å². The van der Waals surface area contributed by atoms with Crippen molar-refractivity contribution in [2.45, 2.75) is 12.3 Å². The lowest BCUT2D eigenvalue weighted by molar-refractivity contribution is 0.443. The van der Waals surface area contributed by atoms with Gasteiger partial charge in [-0.3, -0.25) is 0 Å². The lowest BCUT2D eigenvalue weighted by Gasteiger charge is -2.02. The van der Waals surface area contributed by atoms with Crippen molar-refractivity contribution in [2.24, 2.45) is 0 Å². The first-order chi connectivity index (χ1) is 7.09. The second-order valence-electron chi connectivity index (χ2n) is 3.09. The molecule has 0 N–H and O–H groups in total. The molecule has 1 atom stereocenters. The highest BCUT2D eigenvalue weighted by molar-refractivity contribution is 6.20. The molecule has 15 heavy (non-hydrogen) atoms. The maximum absolute atomic E-state index is 13.3. The number of hydrogen-bond donors (Lipinski definition) is 0. The second-order valence-corrected chi connectivity index (χ2v) is 3.75. The highest BCUT2D eigenvalue weighted by atomic mass is 35.5. The number of benzene rings is 1. The number of para-hydroxylation sites is 1. The van der Waals surface area contributed by atoms with Gasteiger partial charge in [0.15, 0.2) is 0 Å². The van der Waals surface area contributed by atoms with Crippen LogP contribution in [0.2, 0.25) is 0 Å². The van der Waals surface area contributed by atoms with Gasteiger partial charge in [-0.15, -0.1) is 11.6 Å². The van der Waals surface area contributed by atoms with Crippen LogP contribution in [0.5, 0.6) is 0 Å². The number of rotatable bonds is 1. The van der Waals surface area contributed by atoms with Crippen molar-refractivity contribution in [3.8, 4) is 0 Å². The van der Waals surface area contributed by atoms with Gasteiger partial charge in [-0.25, -0.2) is 14.2 Å². The predicted octanol–water partition coefficient (Wildman–Crippen LogP) is 2.63. The Kier molecular flexibility index (Phi) is 2.44. The Morgan fingerprint density at radius 1 is 1.53 bits per heavy atom. The third kappa shape index (κ3) is 1.72. The summed E-state index contributed by atoms with van der Waals surface area (Å²) in [5.41, 5.74) is -0.627. The molecule has 0 spiro atoms. The molecule has 0 aliphatic carbocycles. The van der Waals surface area contributed by atoms with Crippen LogP contribution < -0.4 is 5.63 Å². The molecule has 0 aliphatic rings. The highest BCUT2D eigenvalue weighted by Gasteiger charge is 2.12. The molecule has 0 saturated carbocycles. The maximum Gasteiger partial charge on any atom is 0.346 e. The molecule has 1 aromatic heterocycles. The van der Waals surface area contributed by atoms with Crippen molar-refractivity contribution in [1.82, 2.24) is 4.98 Å². The van der Waals surface area contributed by atoms with Gasteiger partial charge in [0.25, 0.3) is 0 Å².